The standard InChI is InChI=1S/C12H15NO4S/c13-12(7-3-9-18(14,15)16)8-6-10-4-1-2-5-11(10)17-12/h1-2,4-6,8H,3,7,9,13H2,(H,14,15,16). The molecule has 0 aromatic heterocycles. The first kappa shape index (κ1) is 13.1. The Labute approximate surface area is 106 Å². The van der Waals surface area contributed by atoms with E-state index in [0.29, 0.717) is 12.2 Å². The van der Waals surface area contributed by atoms with Gasteiger partial charge in [-0.25, -0.2) is 0 Å². The van der Waals surface area contributed by atoms with Crippen LogP contribution in [0.4, 0.5) is 0 Å². The number of fused-ring (bicyclic) bond motifs is 1. The topological polar surface area (TPSA) is 89.6 Å². The summed E-state index contributed by atoms with van der Waals surface area (Å²) in [7, 11) is -3.95. The van der Waals surface area contributed by atoms with Gasteiger partial charge in [0.2, 0.25) is 0 Å². The van der Waals surface area contributed by atoms with Gasteiger partial charge in [0.25, 0.3) is 10.1 Å². The Hall–Kier alpha value is -1.37. The molecule has 0 amide bonds. The molecule has 98 valence electrons. The van der Waals surface area contributed by atoms with E-state index in [1.807, 2.05) is 30.3 Å². The summed E-state index contributed by atoms with van der Waals surface area (Å²) in [4.78, 5) is 0. The minimum absolute atomic E-state index is 0.238. The molecular formula is C12H15NO4S. The van der Waals surface area contributed by atoms with Gasteiger partial charge in [0.1, 0.15) is 5.75 Å². The smallest absolute Gasteiger partial charge is 0.264 e. The minimum Gasteiger partial charge on any atom is -0.469 e. The number of rotatable bonds is 4. The Morgan fingerprint density at radius 1 is 1.33 bits per heavy atom. The van der Waals surface area contributed by atoms with E-state index in [1.54, 1.807) is 6.08 Å². The number of para-hydroxylation sites is 1. The molecule has 0 saturated heterocycles. The van der Waals surface area contributed by atoms with Crippen LogP contribution in [-0.4, -0.2) is 24.4 Å². The van der Waals surface area contributed by atoms with Crippen molar-refractivity contribution in [1.29, 1.82) is 0 Å². The Bertz CT molecular complexity index is 567. The lowest BCUT2D eigenvalue weighted by Gasteiger charge is -2.31. The molecule has 3 N–H and O–H groups in total. The molecule has 1 aromatic rings. The van der Waals surface area contributed by atoms with E-state index in [1.165, 1.54) is 0 Å². The first-order chi connectivity index (χ1) is 8.38. The summed E-state index contributed by atoms with van der Waals surface area (Å²) in [5.41, 5.74) is 5.94. The molecule has 5 nitrogen and oxygen atoms in total. The lowest BCUT2D eigenvalue weighted by molar-refractivity contribution is 0.114. The van der Waals surface area contributed by atoms with Crippen LogP contribution in [0.25, 0.3) is 6.08 Å². The van der Waals surface area contributed by atoms with E-state index in [0.717, 1.165) is 5.56 Å². The molecule has 1 atom stereocenters. The predicted octanol–water partition coefficient (Wildman–Crippen LogP) is 1.42. The van der Waals surface area contributed by atoms with E-state index >= 15 is 0 Å². The number of ether oxygens (including phenoxy) is 1. The lowest BCUT2D eigenvalue weighted by Crippen LogP contribution is -2.45. The second-order valence-corrected chi connectivity index (χ2v) is 5.89. The average molecular weight is 269 g/mol. The van der Waals surface area contributed by atoms with Crippen LogP contribution in [0.5, 0.6) is 5.75 Å². The maximum absolute atomic E-state index is 10.6. The Morgan fingerprint density at radius 2 is 2.06 bits per heavy atom. The van der Waals surface area contributed by atoms with Crippen molar-refractivity contribution in [2.45, 2.75) is 18.6 Å². The summed E-state index contributed by atoms with van der Waals surface area (Å²) >= 11 is 0. The first-order valence-corrected chi connectivity index (χ1v) is 7.20. The molecule has 18 heavy (non-hydrogen) atoms. The maximum atomic E-state index is 10.6. The van der Waals surface area contributed by atoms with Gasteiger partial charge in [-0.15, -0.1) is 0 Å². The van der Waals surface area contributed by atoms with Gasteiger partial charge in [-0.2, -0.15) is 8.42 Å². The van der Waals surface area contributed by atoms with Gasteiger partial charge >= 0.3 is 0 Å². The van der Waals surface area contributed by atoms with Crippen LogP contribution in [0.2, 0.25) is 0 Å². The van der Waals surface area contributed by atoms with Gasteiger partial charge in [-0.05, 0) is 24.6 Å². The highest BCUT2D eigenvalue weighted by molar-refractivity contribution is 7.85. The molecule has 0 aliphatic carbocycles. The van der Waals surface area contributed by atoms with Gasteiger partial charge in [0.05, 0.1) is 5.75 Å². The number of nitrogens with two attached hydrogens (primary N) is 1. The molecule has 0 bridgehead atoms. The van der Waals surface area contributed by atoms with Gasteiger partial charge < -0.3 is 4.74 Å². The highest BCUT2D eigenvalue weighted by atomic mass is 32.2. The van der Waals surface area contributed by atoms with Gasteiger partial charge in [-0.3, -0.25) is 10.3 Å². The fraction of sp³-hybridized carbons (Fsp3) is 0.333. The maximum Gasteiger partial charge on any atom is 0.264 e. The summed E-state index contributed by atoms with van der Waals surface area (Å²) < 4.78 is 35.6. The molecule has 1 heterocycles. The van der Waals surface area contributed by atoms with Crippen LogP contribution in [0.1, 0.15) is 18.4 Å². The summed E-state index contributed by atoms with van der Waals surface area (Å²) in [6.45, 7) is 0. The fourth-order valence-corrected chi connectivity index (χ4v) is 2.36. The third-order valence-corrected chi connectivity index (χ3v) is 3.54. The average Bonchev–Trinajstić information content (AvgIpc) is 2.27. The first-order valence-electron chi connectivity index (χ1n) is 5.59. The van der Waals surface area contributed by atoms with Crippen molar-refractivity contribution in [2.24, 2.45) is 5.73 Å². The Balaban J connectivity index is 2.03. The zero-order valence-electron chi connectivity index (χ0n) is 9.74. The van der Waals surface area contributed by atoms with Crippen molar-refractivity contribution in [2.75, 3.05) is 5.75 Å². The van der Waals surface area contributed by atoms with Crippen LogP contribution in [-0.2, 0) is 10.1 Å². The molecule has 1 aliphatic rings. The molecule has 1 aliphatic heterocycles. The monoisotopic (exact) mass is 269 g/mol. The van der Waals surface area contributed by atoms with E-state index in [-0.39, 0.29) is 12.2 Å². The molecule has 0 radical (unpaired) electrons. The Morgan fingerprint density at radius 3 is 2.78 bits per heavy atom. The second-order valence-electron chi connectivity index (χ2n) is 4.32. The lowest BCUT2D eigenvalue weighted by atomic mass is 10.0. The molecule has 0 fully saturated rings. The molecular weight excluding hydrogens is 254 g/mol. The molecule has 2 rings (SSSR count). The summed E-state index contributed by atoms with van der Waals surface area (Å²) in [6, 6.07) is 7.46. The highest BCUT2D eigenvalue weighted by Crippen LogP contribution is 2.30. The van der Waals surface area contributed by atoms with Crippen molar-refractivity contribution < 1.29 is 17.7 Å². The van der Waals surface area contributed by atoms with Gasteiger partial charge in [-0.1, -0.05) is 18.2 Å². The molecule has 1 aromatic carbocycles. The largest absolute Gasteiger partial charge is 0.469 e. The molecule has 0 saturated carbocycles. The Kier molecular flexibility index (Phi) is 3.43. The fourth-order valence-electron chi connectivity index (χ4n) is 1.85. The van der Waals surface area contributed by atoms with Gasteiger partial charge in [0, 0.05) is 12.0 Å². The molecule has 6 heteroatoms. The zero-order chi connectivity index (χ0) is 13.2. The van der Waals surface area contributed by atoms with Crippen LogP contribution in [0, 0.1) is 0 Å². The zero-order valence-corrected chi connectivity index (χ0v) is 10.6. The summed E-state index contributed by atoms with van der Waals surface area (Å²) in [6.07, 6.45) is 4.12. The van der Waals surface area contributed by atoms with Crippen molar-refractivity contribution >= 4 is 16.2 Å². The quantitative estimate of drug-likeness (QED) is 0.807. The van der Waals surface area contributed by atoms with E-state index in [2.05, 4.69) is 0 Å². The molecule has 1 unspecified atom stereocenters. The van der Waals surface area contributed by atoms with Gasteiger partial charge in [0.15, 0.2) is 5.72 Å². The third kappa shape index (κ3) is 3.32. The van der Waals surface area contributed by atoms with Crippen LogP contribution < -0.4 is 10.5 Å². The van der Waals surface area contributed by atoms with Crippen molar-refractivity contribution in [3.05, 3.63) is 35.9 Å². The number of benzene rings is 1. The van der Waals surface area contributed by atoms with E-state index in [4.69, 9.17) is 15.0 Å². The summed E-state index contributed by atoms with van der Waals surface area (Å²) in [5, 5.41) is 0. The minimum atomic E-state index is -3.95. The van der Waals surface area contributed by atoms with Crippen LogP contribution in [0.3, 0.4) is 0 Å². The van der Waals surface area contributed by atoms with Crippen LogP contribution >= 0.6 is 0 Å². The van der Waals surface area contributed by atoms with E-state index in [9.17, 15) is 8.42 Å². The van der Waals surface area contributed by atoms with E-state index < -0.39 is 15.8 Å². The van der Waals surface area contributed by atoms with Crippen molar-refractivity contribution in [1.82, 2.24) is 0 Å². The van der Waals surface area contributed by atoms with Crippen LogP contribution in [0.15, 0.2) is 30.3 Å². The highest BCUT2D eigenvalue weighted by Gasteiger charge is 2.27. The van der Waals surface area contributed by atoms with Crippen molar-refractivity contribution in [3.8, 4) is 5.75 Å². The third-order valence-electron chi connectivity index (χ3n) is 2.73. The normalized spacial score (nSPS) is 22.3. The SMILES string of the molecule is NC1(CCCS(=O)(=O)O)C=Cc2ccccc2O1. The second kappa shape index (κ2) is 4.72. The number of hydrogen-bond acceptors (Lipinski definition) is 4. The molecule has 0 spiro atoms. The summed E-state index contributed by atoms with van der Waals surface area (Å²) in [5.74, 6) is 0.361. The van der Waals surface area contributed by atoms with Crippen molar-refractivity contribution in [3.63, 3.8) is 0 Å². The number of hydrogen-bond donors (Lipinski definition) is 2. The predicted molar refractivity (Wildman–Crippen MR) is 68.7 cm³/mol.